The third-order valence-electron chi connectivity index (χ3n) is 3.35. The van der Waals surface area contributed by atoms with Crippen molar-refractivity contribution >= 4 is 27.7 Å². The fourth-order valence-electron chi connectivity index (χ4n) is 1.84. The van der Waals surface area contributed by atoms with E-state index in [-0.39, 0.29) is 6.04 Å². The molecule has 1 rings (SSSR count). The van der Waals surface area contributed by atoms with Crippen LogP contribution >= 0.6 is 11.8 Å². The third kappa shape index (κ3) is 6.12. The summed E-state index contributed by atoms with van der Waals surface area (Å²) in [4.78, 5) is 11.8. The standard InChI is InChI=1S/C15H23FN2O3S2/c1-4-11(2)17-15(19)13(9-10-22-3)18-23(20,21)14-8-6-5-7-12(14)16/h5-8,11,13,18H,4,9-10H2,1-3H3,(H,17,19)/t11-,13-/m1/s1. The summed E-state index contributed by atoms with van der Waals surface area (Å²) in [5.41, 5.74) is 0. The van der Waals surface area contributed by atoms with Gasteiger partial charge in [0.2, 0.25) is 15.9 Å². The molecule has 2 atom stereocenters. The molecule has 1 aromatic rings. The van der Waals surface area contributed by atoms with E-state index in [1.165, 1.54) is 30.0 Å². The molecular weight excluding hydrogens is 339 g/mol. The second-order valence-electron chi connectivity index (χ2n) is 5.20. The van der Waals surface area contributed by atoms with Gasteiger partial charge < -0.3 is 5.32 Å². The smallest absolute Gasteiger partial charge is 0.244 e. The van der Waals surface area contributed by atoms with Crippen LogP contribution in [-0.2, 0) is 14.8 Å². The van der Waals surface area contributed by atoms with E-state index in [1.54, 1.807) is 0 Å². The number of rotatable bonds is 9. The number of halogens is 1. The highest BCUT2D eigenvalue weighted by molar-refractivity contribution is 7.98. The molecule has 0 unspecified atom stereocenters. The van der Waals surface area contributed by atoms with E-state index in [0.717, 1.165) is 12.5 Å². The molecule has 0 aliphatic rings. The maximum absolute atomic E-state index is 13.7. The van der Waals surface area contributed by atoms with Gasteiger partial charge in [-0.1, -0.05) is 19.1 Å². The number of nitrogens with one attached hydrogen (secondary N) is 2. The van der Waals surface area contributed by atoms with Gasteiger partial charge in [0, 0.05) is 6.04 Å². The number of carbonyl (C=O) groups is 1. The van der Waals surface area contributed by atoms with Crippen LogP contribution < -0.4 is 10.0 Å². The van der Waals surface area contributed by atoms with Gasteiger partial charge in [0.1, 0.15) is 16.8 Å². The Balaban J connectivity index is 2.95. The third-order valence-corrected chi connectivity index (χ3v) is 5.50. The molecule has 0 aliphatic heterocycles. The first-order valence-electron chi connectivity index (χ1n) is 7.38. The molecule has 130 valence electrons. The average Bonchev–Trinajstić information content (AvgIpc) is 2.51. The van der Waals surface area contributed by atoms with Gasteiger partial charge in [-0.15, -0.1) is 0 Å². The Bertz CT molecular complexity index is 623. The normalized spacial score (nSPS) is 14.3. The van der Waals surface area contributed by atoms with Crippen molar-refractivity contribution in [1.29, 1.82) is 0 Å². The van der Waals surface area contributed by atoms with Gasteiger partial charge in [-0.25, -0.2) is 12.8 Å². The summed E-state index contributed by atoms with van der Waals surface area (Å²) in [6.07, 6.45) is 2.94. The lowest BCUT2D eigenvalue weighted by Gasteiger charge is -2.20. The zero-order chi connectivity index (χ0) is 17.5. The highest BCUT2D eigenvalue weighted by Gasteiger charge is 2.27. The van der Waals surface area contributed by atoms with Gasteiger partial charge >= 0.3 is 0 Å². The Labute approximate surface area is 141 Å². The van der Waals surface area contributed by atoms with E-state index in [2.05, 4.69) is 10.0 Å². The lowest BCUT2D eigenvalue weighted by atomic mass is 10.2. The van der Waals surface area contributed by atoms with E-state index in [0.29, 0.717) is 12.2 Å². The van der Waals surface area contributed by atoms with E-state index in [9.17, 15) is 17.6 Å². The number of hydrogen-bond donors (Lipinski definition) is 2. The van der Waals surface area contributed by atoms with Crippen LogP contribution in [0.5, 0.6) is 0 Å². The highest BCUT2D eigenvalue weighted by Crippen LogP contribution is 2.15. The summed E-state index contributed by atoms with van der Waals surface area (Å²) in [7, 11) is -4.10. The summed E-state index contributed by atoms with van der Waals surface area (Å²) in [6.45, 7) is 3.76. The lowest BCUT2D eigenvalue weighted by molar-refractivity contribution is -0.123. The molecule has 1 aromatic carbocycles. The second kappa shape index (κ2) is 9.24. The van der Waals surface area contributed by atoms with Crippen molar-refractivity contribution in [3.05, 3.63) is 30.1 Å². The average molecular weight is 362 g/mol. The van der Waals surface area contributed by atoms with Crippen molar-refractivity contribution in [1.82, 2.24) is 10.0 Å². The molecule has 0 aromatic heterocycles. The number of amides is 1. The Kier molecular flexibility index (Phi) is 8.01. The quantitative estimate of drug-likeness (QED) is 0.706. The minimum atomic E-state index is -4.10. The van der Waals surface area contributed by atoms with Crippen LogP contribution in [0.2, 0.25) is 0 Å². The maximum Gasteiger partial charge on any atom is 0.244 e. The number of carbonyl (C=O) groups excluding carboxylic acids is 1. The van der Waals surface area contributed by atoms with Gasteiger partial charge in [-0.2, -0.15) is 16.5 Å². The molecule has 0 fully saturated rings. The van der Waals surface area contributed by atoms with Crippen LogP contribution in [0.25, 0.3) is 0 Å². The Morgan fingerprint density at radius 3 is 2.57 bits per heavy atom. The van der Waals surface area contributed by atoms with Crippen LogP contribution in [0.15, 0.2) is 29.2 Å². The summed E-state index contributed by atoms with van der Waals surface area (Å²) in [5.74, 6) is -0.627. The first-order valence-corrected chi connectivity index (χ1v) is 10.3. The van der Waals surface area contributed by atoms with Crippen molar-refractivity contribution in [2.45, 2.75) is 43.7 Å². The molecule has 23 heavy (non-hydrogen) atoms. The molecule has 2 N–H and O–H groups in total. The molecule has 0 spiro atoms. The first kappa shape index (κ1) is 19.9. The molecule has 0 saturated carbocycles. The van der Waals surface area contributed by atoms with Crippen molar-refractivity contribution in [3.8, 4) is 0 Å². The van der Waals surface area contributed by atoms with Crippen LogP contribution in [-0.4, -0.2) is 38.4 Å². The molecule has 5 nitrogen and oxygen atoms in total. The minimum Gasteiger partial charge on any atom is -0.352 e. The van der Waals surface area contributed by atoms with E-state index in [1.807, 2.05) is 20.1 Å². The summed E-state index contributed by atoms with van der Waals surface area (Å²) >= 11 is 1.51. The molecule has 8 heteroatoms. The molecule has 0 bridgehead atoms. The predicted octanol–water partition coefficient (Wildman–Crippen LogP) is 2.14. The van der Waals surface area contributed by atoms with Crippen molar-refractivity contribution in [2.75, 3.05) is 12.0 Å². The van der Waals surface area contributed by atoms with Crippen molar-refractivity contribution in [3.63, 3.8) is 0 Å². The number of sulfonamides is 1. The monoisotopic (exact) mass is 362 g/mol. The fourth-order valence-corrected chi connectivity index (χ4v) is 3.62. The van der Waals surface area contributed by atoms with Crippen LogP contribution in [0, 0.1) is 5.82 Å². The molecule has 0 saturated heterocycles. The van der Waals surface area contributed by atoms with Gasteiger partial charge in [0.15, 0.2) is 0 Å². The van der Waals surface area contributed by atoms with Crippen LogP contribution in [0.3, 0.4) is 0 Å². The van der Waals surface area contributed by atoms with Gasteiger partial charge in [0.25, 0.3) is 0 Å². The fraction of sp³-hybridized carbons (Fsp3) is 0.533. The molecule has 0 radical (unpaired) electrons. The van der Waals surface area contributed by atoms with Gasteiger partial charge in [-0.3, -0.25) is 4.79 Å². The Hall–Kier alpha value is -1.12. The van der Waals surface area contributed by atoms with Gasteiger partial charge in [0.05, 0.1) is 0 Å². The van der Waals surface area contributed by atoms with Crippen molar-refractivity contribution < 1.29 is 17.6 Å². The molecule has 0 aliphatic carbocycles. The van der Waals surface area contributed by atoms with E-state index in [4.69, 9.17) is 0 Å². The predicted molar refractivity (Wildman–Crippen MR) is 91.4 cm³/mol. The molecule has 1 amide bonds. The Morgan fingerprint density at radius 1 is 1.35 bits per heavy atom. The lowest BCUT2D eigenvalue weighted by Crippen LogP contribution is -2.49. The number of benzene rings is 1. The van der Waals surface area contributed by atoms with Crippen LogP contribution in [0.1, 0.15) is 26.7 Å². The van der Waals surface area contributed by atoms with Crippen molar-refractivity contribution in [2.24, 2.45) is 0 Å². The second-order valence-corrected chi connectivity index (χ2v) is 7.87. The topological polar surface area (TPSA) is 75.3 Å². The molecule has 0 heterocycles. The summed E-state index contributed by atoms with van der Waals surface area (Å²) in [5, 5.41) is 2.76. The summed E-state index contributed by atoms with van der Waals surface area (Å²) in [6, 6.07) is 4.11. The maximum atomic E-state index is 13.7. The SMILES string of the molecule is CC[C@@H](C)NC(=O)[C@@H](CCSC)NS(=O)(=O)c1ccccc1F. The van der Waals surface area contributed by atoms with E-state index < -0.39 is 32.7 Å². The minimum absolute atomic E-state index is 0.0581. The van der Waals surface area contributed by atoms with Gasteiger partial charge in [-0.05, 0) is 43.9 Å². The summed E-state index contributed by atoms with van der Waals surface area (Å²) < 4.78 is 40.7. The zero-order valence-electron chi connectivity index (χ0n) is 13.5. The first-order chi connectivity index (χ1) is 10.8. The molecular formula is C15H23FN2O3S2. The largest absolute Gasteiger partial charge is 0.352 e. The number of hydrogen-bond acceptors (Lipinski definition) is 4. The highest BCUT2D eigenvalue weighted by atomic mass is 32.2. The Morgan fingerprint density at radius 2 is 2.00 bits per heavy atom. The van der Waals surface area contributed by atoms with E-state index >= 15 is 0 Å². The van der Waals surface area contributed by atoms with Crippen LogP contribution in [0.4, 0.5) is 4.39 Å². The number of thioether (sulfide) groups is 1. The zero-order valence-corrected chi connectivity index (χ0v) is 15.1.